The zero-order valence-electron chi connectivity index (χ0n) is 5.69. The van der Waals surface area contributed by atoms with Crippen molar-refractivity contribution < 1.29 is 9.90 Å². The number of carboxylic acids is 1. The van der Waals surface area contributed by atoms with Gasteiger partial charge in [-0.25, -0.2) is 0 Å². The van der Waals surface area contributed by atoms with Gasteiger partial charge in [0, 0.05) is 6.42 Å². The van der Waals surface area contributed by atoms with Crippen molar-refractivity contribution >= 4 is 5.97 Å². The lowest BCUT2D eigenvalue weighted by molar-refractivity contribution is -0.138. The molecular weight excluding hydrogens is 146 g/mol. The minimum atomic E-state index is -1.19. The first-order chi connectivity index (χ1) is 5.11. The summed E-state index contributed by atoms with van der Waals surface area (Å²) in [6, 6.07) is 2.14. The number of nitrogens with zero attached hydrogens (tertiary/aromatic N) is 2. The number of carboxylic acid groups (broad SMARTS) is 1. The first-order valence-electron chi connectivity index (χ1n) is 2.89. The number of hydrogen-bond acceptors (Lipinski definition) is 4. The summed E-state index contributed by atoms with van der Waals surface area (Å²) in [4.78, 5) is 10.1. The van der Waals surface area contributed by atoms with Gasteiger partial charge in [-0.2, -0.15) is 10.5 Å². The van der Waals surface area contributed by atoms with Crippen LogP contribution in [0.1, 0.15) is 6.42 Å². The van der Waals surface area contributed by atoms with Gasteiger partial charge >= 0.3 is 5.97 Å². The Hall–Kier alpha value is -1.59. The van der Waals surface area contributed by atoms with E-state index in [1.807, 2.05) is 0 Å². The van der Waals surface area contributed by atoms with Crippen LogP contribution < -0.4 is 5.73 Å². The van der Waals surface area contributed by atoms with E-state index in [-0.39, 0.29) is 6.42 Å². The second-order valence-corrected chi connectivity index (χ2v) is 1.99. The van der Waals surface area contributed by atoms with Crippen LogP contribution in [0.25, 0.3) is 0 Å². The normalized spacial score (nSPS) is 11.6. The van der Waals surface area contributed by atoms with Crippen LogP contribution in [0.3, 0.4) is 0 Å². The molecule has 0 saturated carbocycles. The fourth-order valence-electron chi connectivity index (χ4n) is 0.489. The predicted molar refractivity (Wildman–Crippen MR) is 34.9 cm³/mol. The molecule has 0 unspecified atom stereocenters. The molecule has 0 fully saturated rings. The highest BCUT2D eigenvalue weighted by atomic mass is 16.4. The van der Waals surface area contributed by atoms with Crippen molar-refractivity contribution in [1.82, 2.24) is 0 Å². The summed E-state index contributed by atoms with van der Waals surface area (Å²) in [5.41, 5.74) is 5.07. The maximum atomic E-state index is 10.1. The summed E-state index contributed by atoms with van der Waals surface area (Å²) in [6.07, 6.45) is -0.123. The molecule has 0 rings (SSSR count). The zero-order chi connectivity index (χ0) is 8.85. The van der Waals surface area contributed by atoms with Crippen LogP contribution >= 0.6 is 0 Å². The molecule has 0 aromatic carbocycles. The fraction of sp³-hybridized carbons (Fsp3) is 0.500. The molecule has 0 heterocycles. The second kappa shape index (κ2) is 4.26. The Balaban J connectivity index is 3.97. The number of nitriles is 2. The zero-order valence-corrected chi connectivity index (χ0v) is 5.69. The molecule has 0 spiro atoms. The van der Waals surface area contributed by atoms with E-state index >= 15 is 0 Å². The molecule has 0 aliphatic rings. The van der Waals surface area contributed by atoms with Gasteiger partial charge in [-0.15, -0.1) is 0 Å². The number of rotatable bonds is 3. The van der Waals surface area contributed by atoms with E-state index in [2.05, 4.69) is 0 Å². The van der Waals surface area contributed by atoms with E-state index in [0.29, 0.717) is 0 Å². The summed E-state index contributed by atoms with van der Waals surface area (Å²) >= 11 is 0. The standard InChI is InChI=1S/C6H7N3O2/c7-2-4(3-8)1-5(9)6(10)11/h4-5H,1,9H2,(H,10,11)/t5-/m0/s1. The van der Waals surface area contributed by atoms with Crippen LogP contribution in [0.15, 0.2) is 0 Å². The topological polar surface area (TPSA) is 111 Å². The van der Waals surface area contributed by atoms with Gasteiger partial charge in [-0.3, -0.25) is 4.79 Å². The van der Waals surface area contributed by atoms with Gasteiger partial charge in [0.1, 0.15) is 12.0 Å². The molecule has 5 nitrogen and oxygen atoms in total. The van der Waals surface area contributed by atoms with E-state index in [1.54, 1.807) is 12.1 Å². The molecule has 0 aromatic heterocycles. The average Bonchev–Trinajstić information content (AvgIpc) is 1.99. The molecule has 58 valence electrons. The lowest BCUT2D eigenvalue weighted by Gasteiger charge is -2.04. The van der Waals surface area contributed by atoms with Gasteiger partial charge in [0.05, 0.1) is 12.1 Å². The lowest BCUT2D eigenvalue weighted by atomic mass is 10.0. The van der Waals surface area contributed by atoms with Crippen LogP contribution in [0.4, 0.5) is 0 Å². The molecule has 0 aliphatic heterocycles. The van der Waals surface area contributed by atoms with Crippen molar-refractivity contribution in [3.05, 3.63) is 0 Å². The number of carbonyl (C=O) groups is 1. The van der Waals surface area contributed by atoms with E-state index in [9.17, 15) is 4.79 Å². The van der Waals surface area contributed by atoms with E-state index in [1.165, 1.54) is 0 Å². The summed E-state index contributed by atoms with van der Waals surface area (Å²) < 4.78 is 0. The number of hydrogen-bond donors (Lipinski definition) is 2. The average molecular weight is 153 g/mol. The second-order valence-electron chi connectivity index (χ2n) is 1.99. The Labute approximate surface area is 63.6 Å². The van der Waals surface area contributed by atoms with Gasteiger partial charge in [0.25, 0.3) is 0 Å². The van der Waals surface area contributed by atoms with E-state index in [0.717, 1.165) is 0 Å². The molecule has 3 N–H and O–H groups in total. The molecule has 11 heavy (non-hydrogen) atoms. The van der Waals surface area contributed by atoms with Crippen molar-refractivity contribution in [2.45, 2.75) is 12.5 Å². The van der Waals surface area contributed by atoms with Crippen molar-refractivity contribution in [2.75, 3.05) is 0 Å². The molecule has 0 amide bonds. The molecule has 0 bridgehead atoms. The number of nitrogens with two attached hydrogens (primary N) is 1. The largest absolute Gasteiger partial charge is 0.480 e. The van der Waals surface area contributed by atoms with Crippen LogP contribution in [0.2, 0.25) is 0 Å². The Bertz CT molecular complexity index is 211. The molecule has 0 aromatic rings. The van der Waals surface area contributed by atoms with Gasteiger partial charge < -0.3 is 10.8 Å². The SMILES string of the molecule is N#CC(C#N)C[C@H](N)C(=O)O. The minimum absolute atomic E-state index is 0.123. The first kappa shape index (κ1) is 9.41. The predicted octanol–water partition coefficient (Wildman–Crippen LogP) is -0.548. The Morgan fingerprint density at radius 2 is 2.00 bits per heavy atom. The summed E-state index contributed by atoms with van der Waals surface area (Å²) in [6.45, 7) is 0. The minimum Gasteiger partial charge on any atom is -0.480 e. The third-order valence-electron chi connectivity index (χ3n) is 1.12. The van der Waals surface area contributed by atoms with Gasteiger partial charge in [-0.05, 0) is 0 Å². The van der Waals surface area contributed by atoms with Crippen LogP contribution in [-0.2, 0) is 4.79 Å². The molecule has 5 heteroatoms. The highest BCUT2D eigenvalue weighted by Gasteiger charge is 2.17. The van der Waals surface area contributed by atoms with Crippen molar-refractivity contribution in [2.24, 2.45) is 11.7 Å². The summed E-state index contributed by atoms with van der Waals surface area (Å²) in [5.74, 6) is -2.12. The Kier molecular flexibility index (Phi) is 3.65. The van der Waals surface area contributed by atoms with Gasteiger partial charge in [0.15, 0.2) is 0 Å². The third kappa shape index (κ3) is 3.19. The summed E-state index contributed by atoms with van der Waals surface area (Å²) in [7, 11) is 0. The van der Waals surface area contributed by atoms with E-state index < -0.39 is 17.9 Å². The molecule has 1 atom stereocenters. The van der Waals surface area contributed by atoms with Crippen molar-refractivity contribution in [1.29, 1.82) is 10.5 Å². The quantitative estimate of drug-likeness (QED) is 0.565. The maximum Gasteiger partial charge on any atom is 0.320 e. The Morgan fingerprint density at radius 1 is 1.55 bits per heavy atom. The highest BCUT2D eigenvalue weighted by molar-refractivity contribution is 5.73. The summed E-state index contributed by atoms with van der Waals surface area (Å²) in [5, 5.41) is 24.7. The van der Waals surface area contributed by atoms with Gasteiger partial charge in [-0.1, -0.05) is 0 Å². The van der Waals surface area contributed by atoms with Crippen LogP contribution in [0, 0.1) is 28.6 Å². The van der Waals surface area contributed by atoms with Crippen LogP contribution in [-0.4, -0.2) is 17.1 Å². The van der Waals surface area contributed by atoms with Gasteiger partial charge in [0.2, 0.25) is 0 Å². The van der Waals surface area contributed by atoms with Crippen molar-refractivity contribution in [3.63, 3.8) is 0 Å². The highest BCUT2D eigenvalue weighted by Crippen LogP contribution is 2.02. The third-order valence-corrected chi connectivity index (χ3v) is 1.12. The van der Waals surface area contributed by atoms with Crippen LogP contribution in [0.5, 0.6) is 0 Å². The molecule has 0 saturated heterocycles. The first-order valence-corrected chi connectivity index (χ1v) is 2.89. The van der Waals surface area contributed by atoms with E-state index in [4.69, 9.17) is 21.4 Å². The smallest absolute Gasteiger partial charge is 0.320 e. The molecule has 0 radical (unpaired) electrons. The lowest BCUT2D eigenvalue weighted by Crippen LogP contribution is -2.31. The molecule has 0 aliphatic carbocycles. The van der Waals surface area contributed by atoms with Crippen molar-refractivity contribution in [3.8, 4) is 12.1 Å². The maximum absolute atomic E-state index is 10.1. The Morgan fingerprint density at radius 3 is 2.27 bits per heavy atom. The molecular formula is C6H7N3O2. The number of aliphatic carboxylic acids is 1. The fourth-order valence-corrected chi connectivity index (χ4v) is 0.489. The monoisotopic (exact) mass is 153 g/mol.